The number of rotatable bonds is 8. The van der Waals surface area contributed by atoms with E-state index < -0.39 is 0 Å². The Hall–Kier alpha value is -0.570. The summed E-state index contributed by atoms with van der Waals surface area (Å²) in [5, 5.41) is 8.43. The first-order chi connectivity index (χ1) is 8.19. The first-order valence-corrected chi connectivity index (χ1v) is 7.19. The van der Waals surface area contributed by atoms with Crippen molar-refractivity contribution in [3.63, 3.8) is 0 Å². The highest BCUT2D eigenvalue weighted by molar-refractivity contribution is 6.16. The zero-order valence-electron chi connectivity index (χ0n) is 11.2. The van der Waals surface area contributed by atoms with Crippen LogP contribution in [0.3, 0.4) is 0 Å². The predicted octanol–water partition coefficient (Wildman–Crippen LogP) is 3.80. The van der Waals surface area contributed by atoms with Crippen LogP contribution in [0.5, 0.6) is 0 Å². The molecule has 0 bridgehead atoms. The van der Waals surface area contributed by atoms with E-state index >= 15 is 0 Å². The molecule has 0 amide bonds. The fraction of sp³-hybridized carbons (Fsp3) is 0.846. The molecule has 3 nitrogen and oxygen atoms in total. The van der Waals surface area contributed by atoms with E-state index in [-0.39, 0.29) is 0 Å². The average Bonchev–Trinajstić information content (AvgIpc) is 2.66. The molecule has 0 aromatic carbocycles. The van der Waals surface area contributed by atoms with Crippen LogP contribution in [0.25, 0.3) is 0 Å². The smallest absolute Gasteiger partial charge is 0.147 e. The summed E-state index contributed by atoms with van der Waals surface area (Å²) in [6, 6.07) is 0. The van der Waals surface area contributed by atoms with Gasteiger partial charge in [0, 0.05) is 13.0 Å². The number of halogens is 1. The number of alkyl halides is 1. The third-order valence-electron chi connectivity index (χ3n) is 2.83. The maximum Gasteiger partial charge on any atom is 0.147 e. The molecule has 0 aliphatic carbocycles. The van der Waals surface area contributed by atoms with Crippen molar-refractivity contribution in [2.45, 2.75) is 65.3 Å². The monoisotopic (exact) mass is 257 g/mol. The Morgan fingerprint density at radius 2 is 1.82 bits per heavy atom. The lowest BCUT2D eigenvalue weighted by atomic mass is 10.1. The summed E-state index contributed by atoms with van der Waals surface area (Å²) < 4.78 is 2.20. The Balaban J connectivity index is 2.60. The highest BCUT2D eigenvalue weighted by Gasteiger charge is 2.11. The molecule has 1 aromatic rings. The van der Waals surface area contributed by atoms with Crippen molar-refractivity contribution in [3.8, 4) is 0 Å². The summed E-state index contributed by atoms with van der Waals surface area (Å²) in [7, 11) is 0. The van der Waals surface area contributed by atoms with Gasteiger partial charge in [-0.3, -0.25) is 0 Å². The minimum atomic E-state index is 0.453. The van der Waals surface area contributed by atoms with E-state index in [4.69, 9.17) is 11.6 Å². The molecule has 98 valence electrons. The quantitative estimate of drug-likeness (QED) is 0.524. The number of hydrogen-bond acceptors (Lipinski definition) is 2. The number of aromatic nitrogens is 3. The van der Waals surface area contributed by atoms with Gasteiger partial charge in [-0.1, -0.05) is 40.0 Å². The summed E-state index contributed by atoms with van der Waals surface area (Å²) in [6.07, 6.45) is 6.08. The summed E-state index contributed by atoms with van der Waals surface area (Å²) in [4.78, 5) is 0. The van der Waals surface area contributed by atoms with Crippen LogP contribution in [0.2, 0.25) is 0 Å². The Labute approximate surface area is 110 Å². The van der Waals surface area contributed by atoms with Crippen molar-refractivity contribution in [3.05, 3.63) is 11.6 Å². The van der Waals surface area contributed by atoms with Gasteiger partial charge in [-0.25, -0.2) is 0 Å². The fourth-order valence-corrected chi connectivity index (χ4v) is 2.14. The predicted molar refractivity (Wildman–Crippen MR) is 72.3 cm³/mol. The highest BCUT2D eigenvalue weighted by Crippen LogP contribution is 2.12. The molecule has 0 N–H and O–H groups in total. The molecular formula is C13H24ClN3. The Bertz CT molecular complexity index is 320. The minimum Gasteiger partial charge on any atom is -0.314 e. The second kappa shape index (κ2) is 7.70. The maximum atomic E-state index is 5.89. The summed E-state index contributed by atoms with van der Waals surface area (Å²) >= 11 is 5.89. The van der Waals surface area contributed by atoms with Crippen molar-refractivity contribution < 1.29 is 0 Å². The molecule has 0 saturated heterocycles. The molecule has 0 radical (unpaired) electrons. The van der Waals surface area contributed by atoms with Crippen LogP contribution in [0.15, 0.2) is 0 Å². The van der Waals surface area contributed by atoms with Crippen LogP contribution in [0.1, 0.15) is 58.1 Å². The molecule has 0 saturated carbocycles. The standard InChI is InChI=1S/C13H24ClN3/c1-4-5-6-7-8-12-15-16-13(9-14)17(12)10-11(2)3/h11H,4-10H2,1-3H3. The summed E-state index contributed by atoms with van der Waals surface area (Å²) in [6.45, 7) is 7.61. The van der Waals surface area contributed by atoms with Gasteiger partial charge in [0.2, 0.25) is 0 Å². The molecule has 0 spiro atoms. The molecule has 4 heteroatoms. The topological polar surface area (TPSA) is 30.7 Å². The number of aryl methyl sites for hydroxylation is 1. The largest absolute Gasteiger partial charge is 0.314 e. The Kier molecular flexibility index (Phi) is 6.56. The van der Waals surface area contributed by atoms with Crippen molar-refractivity contribution in [2.24, 2.45) is 5.92 Å². The molecule has 0 aliphatic rings. The Morgan fingerprint density at radius 1 is 1.12 bits per heavy atom. The zero-order chi connectivity index (χ0) is 12.7. The van der Waals surface area contributed by atoms with E-state index in [2.05, 4.69) is 35.5 Å². The molecule has 17 heavy (non-hydrogen) atoms. The van der Waals surface area contributed by atoms with E-state index in [0.717, 1.165) is 24.6 Å². The van der Waals surface area contributed by atoms with Gasteiger partial charge in [-0.15, -0.1) is 21.8 Å². The summed E-state index contributed by atoms with van der Waals surface area (Å²) in [5.74, 6) is 3.06. The van der Waals surface area contributed by atoms with Crippen molar-refractivity contribution in [1.29, 1.82) is 0 Å². The molecule has 0 fully saturated rings. The molecular weight excluding hydrogens is 234 g/mol. The van der Waals surface area contributed by atoms with Gasteiger partial charge in [0.05, 0.1) is 5.88 Å². The molecule has 1 heterocycles. The lowest BCUT2D eigenvalue weighted by molar-refractivity contribution is 0.491. The molecule has 1 aromatic heterocycles. The minimum absolute atomic E-state index is 0.453. The van der Waals surface area contributed by atoms with Gasteiger partial charge < -0.3 is 4.57 Å². The van der Waals surface area contributed by atoms with Crippen LogP contribution >= 0.6 is 11.6 Å². The maximum absolute atomic E-state index is 5.89. The fourth-order valence-electron chi connectivity index (χ4n) is 1.94. The number of unbranched alkanes of at least 4 members (excludes halogenated alkanes) is 3. The van der Waals surface area contributed by atoms with E-state index in [0.29, 0.717) is 11.8 Å². The van der Waals surface area contributed by atoms with E-state index in [1.165, 1.54) is 25.7 Å². The van der Waals surface area contributed by atoms with Crippen LogP contribution in [0.4, 0.5) is 0 Å². The number of hydrogen-bond donors (Lipinski definition) is 0. The van der Waals surface area contributed by atoms with Gasteiger partial charge in [0.25, 0.3) is 0 Å². The zero-order valence-corrected chi connectivity index (χ0v) is 12.0. The third-order valence-corrected chi connectivity index (χ3v) is 3.06. The first-order valence-electron chi connectivity index (χ1n) is 6.66. The molecule has 0 atom stereocenters. The van der Waals surface area contributed by atoms with Gasteiger partial charge in [0.15, 0.2) is 0 Å². The van der Waals surface area contributed by atoms with Crippen molar-refractivity contribution in [1.82, 2.24) is 14.8 Å². The third kappa shape index (κ3) is 4.66. The van der Waals surface area contributed by atoms with Crippen LogP contribution in [-0.4, -0.2) is 14.8 Å². The SMILES string of the molecule is CCCCCCc1nnc(CCl)n1CC(C)C. The van der Waals surface area contributed by atoms with Crippen molar-refractivity contribution in [2.75, 3.05) is 0 Å². The second-order valence-electron chi connectivity index (χ2n) is 4.98. The van der Waals surface area contributed by atoms with Crippen LogP contribution in [0, 0.1) is 5.92 Å². The van der Waals surface area contributed by atoms with Crippen molar-refractivity contribution >= 4 is 11.6 Å². The van der Waals surface area contributed by atoms with E-state index in [1.807, 2.05) is 0 Å². The van der Waals surface area contributed by atoms with Gasteiger partial charge in [0.1, 0.15) is 11.6 Å². The summed E-state index contributed by atoms with van der Waals surface area (Å²) in [5.41, 5.74) is 0. The van der Waals surface area contributed by atoms with Crippen LogP contribution < -0.4 is 0 Å². The van der Waals surface area contributed by atoms with Gasteiger partial charge in [-0.05, 0) is 12.3 Å². The normalized spacial score (nSPS) is 11.4. The van der Waals surface area contributed by atoms with Gasteiger partial charge in [-0.2, -0.15) is 0 Å². The van der Waals surface area contributed by atoms with Crippen LogP contribution in [-0.2, 0) is 18.8 Å². The Morgan fingerprint density at radius 3 is 2.41 bits per heavy atom. The lowest BCUT2D eigenvalue weighted by Gasteiger charge is -2.11. The van der Waals surface area contributed by atoms with E-state index in [1.54, 1.807) is 0 Å². The number of nitrogens with zero attached hydrogens (tertiary/aromatic N) is 3. The van der Waals surface area contributed by atoms with Gasteiger partial charge >= 0.3 is 0 Å². The average molecular weight is 258 g/mol. The molecule has 0 aliphatic heterocycles. The lowest BCUT2D eigenvalue weighted by Crippen LogP contribution is -2.11. The molecule has 0 unspecified atom stereocenters. The second-order valence-corrected chi connectivity index (χ2v) is 5.25. The first kappa shape index (κ1) is 14.5. The van der Waals surface area contributed by atoms with E-state index in [9.17, 15) is 0 Å². The molecule has 1 rings (SSSR count). The highest BCUT2D eigenvalue weighted by atomic mass is 35.5.